The van der Waals surface area contributed by atoms with Crippen LogP contribution < -0.4 is 10.5 Å². The predicted octanol–water partition coefficient (Wildman–Crippen LogP) is 6.63. The summed E-state index contributed by atoms with van der Waals surface area (Å²) in [5.74, 6) is 1.43. The summed E-state index contributed by atoms with van der Waals surface area (Å²) in [6.07, 6.45) is 12.8. The third-order valence-electron chi connectivity index (χ3n) is 7.55. The molecule has 1 aromatic rings. The highest BCUT2D eigenvalue weighted by atomic mass is 32.2. The van der Waals surface area contributed by atoms with Crippen molar-refractivity contribution < 1.29 is 4.79 Å². The number of carbonyl (C=O) groups excluding carboxylic acids is 1. The maximum Gasteiger partial charge on any atom is 0.270 e. The summed E-state index contributed by atoms with van der Waals surface area (Å²) in [6.45, 7) is 11.3. The third-order valence-corrected chi connectivity index (χ3v) is 8.93. The molecule has 1 aromatic heterocycles. The van der Waals surface area contributed by atoms with Gasteiger partial charge in [0, 0.05) is 31.7 Å². The number of unbranched alkanes of at least 4 members (excludes halogenated alkanes) is 6. The quantitative estimate of drug-likeness (QED) is 0.168. The Kier molecular flexibility index (Phi) is 11.3. The Morgan fingerprint density at radius 3 is 2.32 bits per heavy atom. The smallest absolute Gasteiger partial charge is 0.270 e. The van der Waals surface area contributed by atoms with E-state index in [2.05, 4.69) is 31.7 Å². The zero-order chi connectivity index (χ0) is 26.9. The Bertz CT molecular complexity index is 1110. The fourth-order valence-electron chi connectivity index (χ4n) is 5.10. The number of piperidine rings is 1. The van der Waals surface area contributed by atoms with Gasteiger partial charge in [-0.25, -0.2) is 0 Å². The minimum absolute atomic E-state index is 0.0639. The summed E-state index contributed by atoms with van der Waals surface area (Å²) in [7, 11) is 0. The van der Waals surface area contributed by atoms with Gasteiger partial charge in [-0.15, -0.1) is 0 Å². The fourth-order valence-corrected chi connectivity index (χ4v) is 6.39. The predicted molar refractivity (Wildman–Crippen MR) is 159 cm³/mol. The Hall–Kier alpha value is -2.11. The van der Waals surface area contributed by atoms with Gasteiger partial charge in [-0.1, -0.05) is 83.3 Å². The first-order valence-electron chi connectivity index (χ1n) is 14.0. The van der Waals surface area contributed by atoms with Gasteiger partial charge in [0.15, 0.2) is 0 Å². The van der Waals surface area contributed by atoms with Crippen LogP contribution in [-0.4, -0.2) is 39.3 Å². The van der Waals surface area contributed by atoms with E-state index in [1.54, 1.807) is 9.47 Å². The summed E-state index contributed by atoms with van der Waals surface area (Å²) in [5.41, 5.74) is 1.39. The van der Waals surface area contributed by atoms with Crippen LogP contribution in [0.5, 0.6) is 0 Å². The van der Waals surface area contributed by atoms with Gasteiger partial charge in [-0.3, -0.25) is 19.1 Å². The molecular formula is C29H42N4O2S2. The summed E-state index contributed by atoms with van der Waals surface area (Å²) >= 11 is 6.93. The SMILES string of the molecule is CCCCCCCCN1C(=O)/C(=C\c2c(C)c(C#N)c(=O)n(CCCC)c2N2CCC(C)CC2)SC1=S. The van der Waals surface area contributed by atoms with E-state index in [1.807, 2.05) is 13.0 Å². The normalized spacial score (nSPS) is 17.8. The van der Waals surface area contributed by atoms with Gasteiger partial charge in [0.1, 0.15) is 21.8 Å². The Balaban J connectivity index is 1.98. The molecule has 8 heteroatoms. The third kappa shape index (κ3) is 7.06. The van der Waals surface area contributed by atoms with Crippen molar-refractivity contribution >= 4 is 46.1 Å². The van der Waals surface area contributed by atoms with Gasteiger partial charge < -0.3 is 4.90 Å². The van der Waals surface area contributed by atoms with Crippen LogP contribution >= 0.6 is 24.0 Å². The van der Waals surface area contributed by atoms with E-state index < -0.39 is 0 Å². The maximum atomic E-state index is 13.4. The maximum absolute atomic E-state index is 13.4. The monoisotopic (exact) mass is 542 g/mol. The van der Waals surface area contributed by atoms with Crippen LogP contribution in [0.3, 0.4) is 0 Å². The molecule has 0 atom stereocenters. The van der Waals surface area contributed by atoms with Gasteiger partial charge >= 0.3 is 0 Å². The molecule has 1 amide bonds. The van der Waals surface area contributed by atoms with Gasteiger partial charge in [0.25, 0.3) is 11.5 Å². The highest BCUT2D eigenvalue weighted by Gasteiger charge is 2.33. The second-order valence-electron chi connectivity index (χ2n) is 10.4. The molecule has 3 rings (SSSR count). The van der Waals surface area contributed by atoms with Crippen molar-refractivity contribution in [1.29, 1.82) is 5.26 Å². The van der Waals surface area contributed by atoms with E-state index in [9.17, 15) is 14.9 Å². The summed E-state index contributed by atoms with van der Waals surface area (Å²) in [6, 6.07) is 2.15. The molecule has 2 saturated heterocycles. The highest BCUT2D eigenvalue weighted by molar-refractivity contribution is 8.26. The first-order chi connectivity index (χ1) is 17.8. The molecule has 37 heavy (non-hydrogen) atoms. The molecule has 2 aliphatic heterocycles. The minimum atomic E-state index is -0.227. The van der Waals surface area contributed by atoms with Crippen molar-refractivity contribution in [2.45, 2.75) is 98.4 Å². The molecule has 0 bridgehead atoms. The average molecular weight is 543 g/mol. The molecule has 202 valence electrons. The molecule has 0 saturated carbocycles. The van der Waals surface area contributed by atoms with Crippen LogP contribution in [0.25, 0.3) is 6.08 Å². The molecule has 0 aliphatic carbocycles. The number of nitriles is 1. The number of hydrogen-bond acceptors (Lipinski definition) is 6. The van der Waals surface area contributed by atoms with Gasteiger partial charge in [-0.05, 0) is 50.2 Å². The number of rotatable bonds is 12. The van der Waals surface area contributed by atoms with Crippen LogP contribution in [-0.2, 0) is 11.3 Å². The van der Waals surface area contributed by atoms with E-state index in [4.69, 9.17) is 12.2 Å². The van der Waals surface area contributed by atoms with E-state index in [1.165, 1.54) is 37.4 Å². The molecule has 6 nitrogen and oxygen atoms in total. The van der Waals surface area contributed by atoms with Crippen LogP contribution in [0.2, 0.25) is 0 Å². The van der Waals surface area contributed by atoms with Crippen molar-refractivity contribution in [1.82, 2.24) is 9.47 Å². The molecule has 3 heterocycles. The number of thioether (sulfide) groups is 1. The standard InChI is InChI=1S/C29H42N4O2S2/c1-5-7-9-10-11-12-16-33-28(35)25(37-29(33)36)19-23-22(4)24(20-30)27(34)32(15-8-6-2)26(23)31-17-13-21(3)14-18-31/h19,21H,5-18H2,1-4H3/b25-19+. The van der Waals surface area contributed by atoms with Crippen molar-refractivity contribution in [2.75, 3.05) is 24.5 Å². The minimum Gasteiger partial charge on any atom is -0.357 e. The molecule has 2 fully saturated rings. The molecular weight excluding hydrogens is 500 g/mol. The number of aromatic nitrogens is 1. The molecule has 0 aromatic carbocycles. The zero-order valence-corrected chi connectivity index (χ0v) is 24.6. The molecule has 0 unspecified atom stereocenters. The van der Waals surface area contributed by atoms with E-state index in [-0.39, 0.29) is 17.0 Å². The lowest BCUT2D eigenvalue weighted by atomic mass is 9.97. The number of pyridine rings is 1. The van der Waals surface area contributed by atoms with Crippen molar-refractivity contribution in [3.8, 4) is 6.07 Å². The second kappa shape index (κ2) is 14.2. The lowest BCUT2D eigenvalue weighted by Gasteiger charge is -2.35. The number of carbonyl (C=O) groups is 1. The first-order valence-corrected chi connectivity index (χ1v) is 15.2. The van der Waals surface area contributed by atoms with Gasteiger partial charge in [0.05, 0.1) is 4.91 Å². The fraction of sp³-hybridized carbons (Fsp3) is 0.655. The number of thiocarbonyl (C=S) groups is 1. The molecule has 0 radical (unpaired) electrons. The highest BCUT2D eigenvalue weighted by Crippen LogP contribution is 2.37. The largest absolute Gasteiger partial charge is 0.357 e. The summed E-state index contributed by atoms with van der Waals surface area (Å²) in [5, 5.41) is 9.88. The number of anilines is 1. The van der Waals surface area contributed by atoms with Crippen molar-refractivity contribution in [3.05, 3.63) is 31.9 Å². The van der Waals surface area contributed by atoms with Crippen molar-refractivity contribution in [2.24, 2.45) is 5.92 Å². The summed E-state index contributed by atoms with van der Waals surface area (Å²) < 4.78 is 2.38. The second-order valence-corrected chi connectivity index (χ2v) is 12.1. The number of hydrogen-bond donors (Lipinski definition) is 0. The van der Waals surface area contributed by atoms with E-state index in [0.717, 1.165) is 63.0 Å². The number of amides is 1. The zero-order valence-electron chi connectivity index (χ0n) is 23.0. The number of nitrogens with zero attached hydrogens (tertiary/aromatic N) is 4. The van der Waals surface area contributed by atoms with Crippen LogP contribution in [0, 0.1) is 24.2 Å². The van der Waals surface area contributed by atoms with E-state index >= 15 is 0 Å². The van der Waals surface area contributed by atoms with Crippen molar-refractivity contribution in [3.63, 3.8) is 0 Å². The van der Waals surface area contributed by atoms with Crippen LogP contribution in [0.15, 0.2) is 9.70 Å². The van der Waals surface area contributed by atoms with E-state index in [0.29, 0.717) is 33.8 Å². The lowest BCUT2D eigenvalue weighted by molar-refractivity contribution is -0.122. The van der Waals surface area contributed by atoms with Gasteiger partial charge in [0.2, 0.25) is 0 Å². The average Bonchev–Trinajstić information content (AvgIpc) is 3.15. The topological polar surface area (TPSA) is 69.3 Å². The molecule has 0 spiro atoms. The van der Waals surface area contributed by atoms with Crippen LogP contribution in [0.4, 0.5) is 5.82 Å². The first kappa shape index (κ1) is 29.4. The lowest BCUT2D eigenvalue weighted by Crippen LogP contribution is -2.39. The van der Waals surface area contributed by atoms with Gasteiger partial charge in [-0.2, -0.15) is 5.26 Å². The Morgan fingerprint density at radius 1 is 1.03 bits per heavy atom. The summed E-state index contributed by atoms with van der Waals surface area (Å²) in [4.78, 5) is 31.4. The Labute approximate surface area is 232 Å². The van der Waals surface area contributed by atoms with Crippen LogP contribution in [0.1, 0.15) is 102 Å². The molecule has 0 N–H and O–H groups in total. The molecule has 2 aliphatic rings. The Morgan fingerprint density at radius 2 is 1.68 bits per heavy atom.